The van der Waals surface area contributed by atoms with Crippen LogP contribution < -0.4 is 10.9 Å². The number of nitrogens with one attached hydrogen (secondary N) is 2. The number of carboxylic acids is 2. The molecule has 0 aliphatic carbocycles. The predicted molar refractivity (Wildman–Crippen MR) is 72.2 cm³/mol. The fourth-order valence-electron chi connectivity index (χ4n) is 1.70. The van der Waals surface area contributed by atoms with Crippen LogP contribution in [0.1, 0.15) is 35.3 Å². The molecule has 1 rings (SSSR count). The highest BCUT2D eigenvalue weighted by atomic mass is 16.4. The first-order chi connectivity index (χ1) is 9.81. The first-order valence-electron chi connectivity index (χ1n) is 6.26. The molecule has 0 radical (unpaired) electrons. The number of carbonyl (C=O) groups is 3. The molecule has 0 spiro atoms. The van der Waals surface area contributed by atoms with Gasteiger partial charge < -0.3 is 20.5 Å². The summed E-state index contributed by atoms with van der Waals surface area (Å²) in [5, 5.41) is 19.7. The van der Waals surface area contributed by atoms with E-state index in [9.17, 15) is 19.2 Å². The lowest BCUT2D eigenvalue weighted by Crippen LogP contribution is -2.42. The van der Waals surface area contributed by atoms with Crippen LogP contribution in [0.15, 0.2) is 16.9 Å². The quantitative estimate of drug-likeness (QED) is 0.564. The molecule has 0 unspecified atom stereocenters. The van der Waals surface area contributed by atoms with Crippen LogP contribution >= 0.6 is 0 Å². The summed E-state index contributed by atoms with van der Waals surface area (Å²) in [4.78, 5) is 47.3. The Labute approximate surface area is 119 Å². The SMILES string of the molecule is Cc1ccc(C(=O)N[C@H](CCCC(=O)O)C(=O)O)c(=O)[nH]1. The monoisotopic (exact) mass is 296 g/mol. The van der Waals surface area contributed by atoms with Gasteiger partial charge in [-0.15, -0.1) is 0 Å². The maximum atomic E-state index is 11.9. The number of carboxylic acid groups (broad SMARTS) is 2. The number of aryl methyl sites for hydroxylation is 1. The fraction of sp³-hybridized carbons (Fsp3) is 0.385. The van der Waals surface area contributed by atoms with E-state index in [1.165, 1.54) is 12.1 Å². The minimum absolute atomic E-state index is 0.0306. The number of rotatable bonds is 7. The number of aliphatic carboxylic acids is 2. The highest BCUT2D eigenvalue weighted by Gasteiger charge is 2.22. The summed E-state index contributed by atoms with van der Waals surface area (Å²) >= 11 is 0. The van der Waals surface area contributed by atoms with Crippen LogP contribution in [-0.4, -0.2) is 39.1 Å². The number of carbonyl (C=O) groups excluding carboxylic acids is 1. The average molecular weight is 296 g/mol. The van der Waals surface area contributed by atoms with E-state index in [0.717, 1.165) is 0 Å². The van der Waals surface area contributed by atoms with Crippen molar-refractivity contribution in [1.82, 2.24) is 10.3 Å². The minimum atomic E-state index is -1.28. The van der Waals surface area contributed by atoms with Crippen LogP contribution in [0, 0.1) is 6.92 Å². The van der Waals surface area contributed by atoms with E-state index in [2.05, 4.69) is 10.3 Å². The van der Waals surface area contributed by atoms with E-state index >= 15 is 0 Å². The molecule has 1 heterocycles. The van der Waals surface area contributed by atoms with Crippen molar-refractivity contribution < 1.29 is 24.6 Å². The smallest absolute Gasteiger partial charge is 0.326 e. The van der Waals surface area contributed by atoms with Crippen LogP contribution in [0.3, 0.4) is 0 Å². The second-order valence-corrected chi connectivity index (χ2v) is 4.53. The van der Waals surface area contributed by atoms with Crippen LogP contribution in [0.4, 0.5) is 0 Å². The Morgan fingerprint density at radius 1 is 1.29 bits per heavy atom. The Morgan fingerprint density at radius 2 is 1.95 bits per heavy atom. The van der Waals surface area contributed by atoms with Gasteiger partial charge in [0.25, 0.3) is 11.5 Å². The third kappa shape index (κ3) is 5.09. The van der Waals surface area contributed by atoms with Gasteiger partial charge in [-0.05, 0) is 31.9 Å². The Hall–Kier alpha value is -2.64. The van der Waals surface area contributed by atoms with Gasteiger partial charge in [0.15, 0.2) is 0 Å². The van der Waals surface area contributed by atoms with Gasteiger partial charge in [-0.3, -0.25) is 14.4 Å². The lowest BCUT2D eigenvalue weighted by atomic mass is 10.1. The van der Waals surface area contributed by atoms with Crippen molar-refractivity contribution in [2.24, 2.45) is 0 Å². The molecule has 0 fully saturated rings. The zero-order valence-corrected chi connectivity index (χ0v) is 11.4. The molecule has 1 atom stereocenters. The summed E-state index contributed by atoms with van der Waals surface area (Å²) < 4.78 is 0. The van der Waals surface area contributed by atoms with E-state index in [4.69, 9.17) is 10.2 Å². The van der Waals surface area contributed by atoms with Crippen molar-refractivity contribution in [2.45, 2.75) is 32.2 Å². The molecule has 0 bridgehead atoms. The van der Waals surface area contributed by atoms with Crippen LogP contribution in [0.25, 0.3) is 0 Å². The highest BCUT2D eigenvalue weighted by Crippen LogP contribution is 2.03. The van der Waals surface area contributed by atoms with E-state index in [0.29, 0.717) is 5.69 Å². The molecule has 8 nitrogen and oxygen atoms in total. The number of H-pyrrole nitrogens is 1. The second-order valence-electron chi connectivity index (χ2n) is 4.53. The van der Waals surface area contributed by atoms with Gasteiger partial charge in [-0.1, -0.05) is 0 Å². The molecule has 8 heteroatoms. The zero-order valence-electron chi connectivity index (χ0n) is 11.4. The van der Waals surface area contributed by atoms with Gasteiger partial charge in [0.1, 0.15) is 11.6 Å². The Kier molecular flexibility index (Phi) is 5.65. The van der Waals surface area contributed by atoms with Gasteiger partial charge in [0.2, 0.25) is 0 Å². The van der Waals surface area contributed by atoms with E-state index in [1.54, 1.807) is 6.92 Å². The van der Waals surface area contributed by atoms with E-state index in [-0.39, 0.29) is 24.8 Å². The largest absolute Gasteiger partial charge is 0.481 e. The Balaban J connectivity index is 2.74. The number of hydrogen-bond donors (Lipinski definition) is 4. The van der Waals surface area contributed by atoms with E-state index < -0.39 is 29.4 Å². The minimum Gasteiger partial charge on any atom is -0.481 e. The molecule has 0 saturated heterocycles. The van der Waals surface area contributed by atoms with E-state index in [1.807, 2.05) is 0 Å². The summed E-state index contributed by atoms with van der Waals surface area (Å²) in [5.41, 5.74) is -0.222. The lowest BCUT2D eigenvalue weighted by molar-refractivity contribution is -0.140. The molecule has 0 aliphatic rings. The zero-order chi connectivity index (χ0) is 16.0. The normalized spacial score (nSPS) is 11.7. The topological polar surface area (TPSA) is 137 Å². The number of aromatic nitrogens is 1. The molecule has 0 aromatic carbocycles. The highest BCUT2D eigenvalue weighted by molar-refractivity contribution is 5.96. The van der Waals surface area contributed by atoms with Crippen molar-refractivity contribution in [3.05, 3.63) is 33.7 Å². The number of hydrogen-bond acceptors (Lipinski definition) is 4. The molecule has 0 aliphatic heterocycles. The summed E-state index contributed by atoms with van der Waals surface area (Å²) in [6.45, 7) is 1.65. The maximum Gasteiger partial charge on any atom is 0.326 e. The summed E-state index contributed by atoms with van der Waals surface area (Å²) in [6, 6.07) is 1.59. The Morgan fingerprint density at radius 3 is 2.48 bits per heavy atom. The molecular formula is C13H16N2O6. The van der Waals surface area contributed by atoms with Crippen molar-refractivity contribution in [3.63, 3.8) is 0 Å². The van der Waals surface area contributed by atoms with Gasteiger partial charge in [0.05, 0.1) is 0 Å². The molecule has 1 aromatic rings. The predicted octanol–water partition coefficient (Wildman–Crippen LogP) is 0.121. The molecule has 21 heavy (non-hydrogen) atoms. The Bertz CT molecular complexity index is 607. The third-order valence-corrected chi connectivity index (χ3v) is 2.79. The first kappa shape index (κ1) is 16.4. The van der Waals surface area contributed by atoms with Crippen LogP contribution in [-0.2, 0) is 9.59 Å². The van der Waals surface area contributed by atoms with Crippen LogP contribution in [0.5, 0.6) is 0 Å². The standard InChI is InChI=1S/C13H16N2O6/c1-7-5-6-8(11(18)14-7)12(19)15-9(13(20)21)3-2-4-10(16)17/h5-6,9H,2-4H2,1H3,(H,14,18)(H,15,19)(H,16,17)(H,20,21)/t9-/m1/s1. The maximum absolute atomic E-state index is 11.9. The number of pyridine rings is 1. The van der Waals surface area contributed by atoms with Crippen molar-refractivity contribution >= 4 is 17.8 Å². The molecule has 0 saturated carbocycles. The summed E-state index contributed by atoms with van der Waals surface area (Å²) in [6.07, 6.45) is -0.112. The number of amides is 1. The molecule has 4 N–H and O–H groups in total. The summed E-state index contributed by atoms with van der Waals surface area (Å²) in [7, 11) is 0. The van der Waals surface area contributed by atoms with Gasteiger partial charge in [0, 0.05) is 12.1 Å². The molecule has 114 valence electrons. The first-order valence-corrected chi connectivity index (χ1v) is 6.26. The third-order valence-electron chi connectivity index (χ3n) is 2.79. The molecular weight excluding hydrogens is 280 g/mol. The number of aromatic amines is 1. The lowest BCUT2D eigenvalue weighted by Gasteiger charge is -2.13. The van der Waals surface area contributed by atoms with Crippen molar-refractivity contribution in [2.75, 3.05) is 0 Å². The average Bonchev–Trinajstić information content (AvgIpc) is 2.36. The second kappa shape index (κ2) is 7.22. The molecule has 1 aromatic heterocycles. The summed E-state index contributed by atoms with van der Waals surface area (Å²) in [5.74, 6) is -3.13. The fourth-order valence-corrected chi connectivity index (χ4v) is 1.70. The van der Waals surface area contributed by atoms with Crippen molar-refractivity contribution in [1.29, 1.82) is 0 Å². The van der Waals surface area contributed by atoms with Gasteiger partial charge in [-0.25, -0.2) is 4.79 Å². The van der Waals surface area contributed by atoms with Gasteiger partial charge in [-0.2, -0.15) is 0 Å². The van der Waals surface area contributed by atoms with Crippen molar-refractivity contribution in [3.8, 4) is 0 Å². The molecule has 1 amide bonds. The van der Waals surface area contributed by atoms with Gasteiger partial charge >= 0.3 is 11.9 Å². The van der Waals surface area contributed by atoms with Crippen LogP contribution in [0.2, 0.25) is 0 Å².